The third-order valence-corrected chi connectivity index (χ3v) is 3.44. The van der Waals surface area contributed by atoms with Crippen LogP contribution in [0.3, 0.4) is 0 Å². The molecule has 0 bridgehead atoms. The number of nitrogens with one attached hydrogen (secondary N) is 1. The molecule has 9 nitrogen and oxygen atoms in total. The summed E-state index contributed by atoms with van der Waals surface area (Å²) in [5, 5.41) is 2.31. The Morgan fingerprint density at radius 2 is 1.93 bits per heavy atom. The molecule has 2 aromatic heterocycles. The smallest absolute Gasteiger partial charge is 0.344 e. The summed E-state index contributed by atoms with van der Waals surface area (Å²) in [7, 11) is 0. The van der Waals surface area contributed by atoms with E-state index in [1.807, 2.05) is 0 Å². The Hall–Kier alpha value is -3.62. The third kappa shape index (κ3) is 5.19. The van der Waals surface area contributed by atoms with Crippen molar-refractivity contribution >= 4 is 35.6 Å². The van der Waals surface area contributed by atoms with Crippen molar-refractivity contribution in [2.75, 3.05) is 18.5 Å². The zero-order chi connectivity index (χ0) is 20.7. The fourth-order valence-corrected chi connectivity index (χ4v) is 2.34. The highest BCUT2D eigenvalue weighted by molar-refractivity contribution is 6.10. The molecule has 0 spiro atoms. The highest BCUT2D eigenvalue weighted by Crippen LogP contribution is 2.28. The number of amides is 1. The van der Waals surface area contributed by atoms with Gasteiger partial charge in [0.1, 0.15) is 17.1 Å². The van der Waals surface area contributed by atoms with E-state index in [9.17, 15) is 19.2 Å². The van der Waals surface area contributed by atoms with Crippen LogP contribution in [0.2, 0.25) is 0 Å². The van der Waals surface area contributed by atoms with Gasteiger partial charge in [-0.05, 0) is 39.0 Å². The molecule has 0 fully saturated rings. The average molecular weight is 389 g/mol. The van der Waals surface area contributed by atoms with Crippen LogP contribution in [0.25, 0.3) is 6.08 Å². The fraction of sp³-hybridized carbons (Fsp3) is 0.263. The van der Waals surface area contributed by atoms with Gasteiger partial charge in [0.05, 0.1) is 18.4 Å². The minimum Gasteiger partial charge on any atom is -0.465 e. The number of aryl methyl sites for hydroxylation is 1. The monoisotopic (exact) mass is 389 g/mol. The Kier molecular flexibility index (Phi) is 6.91. The van der Waals surface area contributed by atoms with E-state index in [1.165, 1.54) is 26.2 Å². The number of rotatable bonds is 8. The molecule has 9 heteroatoms. The van der Waals surface area contributed by atoms with Gasteiger partial charge >= 0.3 is 11.9 Å². The number of anilines is 1. The lowest BCUT2D eigenvalue weighted by Gasteiger charge is -2.06. The van der Waals surface area contributed by atoms with Crippen LogP contribution in [0.15, 0.2) is 33.3 Å². The van der Waals surface area contributed by atoms with Crippen molar-refractivity contribution < 1.29 is 37.5 Å². The fourth-order valence-electron chi connectivity index (χ4n) is 2.34. The number of carbonyl (C=O) groups excluding carboxylic acids is 4. The van der Waals surface area contributed by atoms with Gasteiger partial charge in [-0.3, -0.25) is 14.9 Å². The van der Waals surface area contributed by atoms with Gasteiger partial charge in [-0.15, -0.1) is 0 Å². The quantitative estimate of drug-likeness (QED) is 0.415. The molecule has 0 saturated carbocycles. The summed E-state index contributed by atoms with van der Waals surface area (Å²) in [5.41, 5.74) is -0.156. The van der Waals surface area contributed by atoms with Crippen molar-refractivity contribution in [3.8, 4) is 0 Å². The maximum atomic E-state index is 12.2. The Bertz CT molecular complexity index is 905. The van der Waals surface area contributed by atoms with Gasteiger partial charge in [-0.2, -0.15) is 0 Å². The Labute approximate surface area is 160 Å². The molecule has 148 valence electrons. The predicted molar refractivity (Wildman–Crippen MR) is 96.7 cm³/mol. The molecule has 2 heterocycles. The van der Waals surface area contributed by atoms with Crippen LogP contribution in [0.5, 0.6) is 0 Å². The molecule has 1 N–H and O–H groups in total. The van der Waals surface area contributed by atoms with Crippen LogP contribution in [0.1, 0.15) is 46.1 Å². The van der Waals surface area contributed by atoms with Crippen molar-refractivity contribution in [2.24, 2.45) is 0 Å². The molecule has 28 heavy (non-hydrogen) atoms. The van der Waals surface area contributed by atoms with Crippen LogP contribution in [0, 0.1) is 6.92 Å². The zero-order valence-corrected chi connectivity index (χ0v) is 15.6. The maximum Gasteiger partial charge on any atom is 0.344 e. The number of hydrogen-bond acceptors (Lipinski definition) is 8. The standard InChI is InChI=1S/C19H19NO8/c1-4-25-19(24)17-16(11(2)21)12(3)28-18(17)20-14(22)10-27-15(23)8-7-13-6-5-9-26-13/h5-9H,4,10H2,1-3H3,(H,20,22)/b8-7+. The second-order valence-corrected chi connectivity index (χ2v) is 5.52. The van der Waals surface area contributed by atoms with Crippen LogP contribution in [-0.2, 0) is 19.1 Å². The molecule has 1 amide bonds. The topological polar surface area (TPSA) is 125 Å². The normalized spacial score (nSPS) is 10.7. The number of ether oxygens (including phenoxy) is 2. The van der Waals surface area contributed by atoms with E-state index >= 15 is 0 Å². The van der Waals surface area contributed by atoms with Crippen LogP contribution < -0.4 is 5.32 Å². The first-order valence-corrected chi connectivity index (χ1v) is 8.33. The summed E-state index contributed by atoms with van der Waals surface area (Å²) in [4.78, 5) is 47.6. The molecule has 2 rings (SSSR count). The predicted octanol–water partition coefficient (Wildman–Crippen LogP) is 2.76. The highest BCUT2D eigenvalue weighted by atomic mass is 16.5. The van der Waals surface area contributed by atoms with Gasteiger partial charge in [0.2, 0.25) is 5.88 Å². The molecule has 0 saturated heterocycles. The highest BCUT2D eigenvalue weighted by Gasteiger charge is 2.28. The van der Waals surface area contributed by atoms with E-state index < -0.39 is 30.2 Å². The number of Topliss-reactive ketones (excluding diaryl/α,β-unsaturated/α-hetero) is 1. The first-order chi connectivity index (χ1) is 13.3. The number of carbonyl (C=O) groups is 4. The lowest BCUT2D eigenvalue weighted by atomic mass is 10.1. The number of hydrogen-bond donors (Lipinski definition) is 1. The first kappa shape index (κ1) is 20.7. The second-order valence-electron chi connectivity index (χ2n) is 5.52. The van der Waals surface area contributed by atoms with E-state index in [1.54, 1.807) is 19.1 Å². The van der Waals surface area contributed by atoms with Crippen LogP contribution in [-0.4, -0.2) is 36.8 Å². The van der Waals surface area contributed by atoms with Crippen molar-refractivity contribution in [1.82, 2.24) is 0 Å². The average Bonchev–Trinajstić information content (AvgIpc) is 3.25. The van der Waals surface area contributed by atoms with E-state index in [0.29, 0.717) is 5.76 Å². The van der Waals surface area contributed by atoms with Crippen molar-refractivity contribution in [1.29, 1.82) is 0 Å². The number of ketones is 1. The van der Waals surface area contributed by atoms with Gasteiger partial charge in [-0.1, -0.05) is 0 Å². The summed E-state index contributed by atoms with van der Waals surface area (Å²) in [6.45, 7) is 3.80. The molecule has 0 aromatic carbocycles. The summed E-state index contributed by atoms with van der Waals surface area (Å²) >= 11 is 0. The molecule has 2 aromatic rings. The second kappa shape index (κ2) is 9.36. The molecule has 0 aliphatic rings. The van der Waals surface area contributed by atoms with Gasteiger partial charge in [-0.25, -0.2) is 9.59 Å². The molecule has 0 aliphatic heterocycles. The molecular formula is C19H19NO8. The third-order valence-electron chi connectivity index (χ3n) is 3.44. The van der Waals surface area contributed by atoms with E-state index in [2.05, 4.69) is 5.32 Å². The summed E-state index contributed by atoms with van der Waals surface area (Å²) in [5.74, 6) is -2.38. The maximum absolute atomic E-state index is 12.2. The zero-order valence-electron chi connectivity index (χ0n) is 15.6. The van der Waals surface area contributed by atoms with E-state index in [0.717, 1.165) is 6.08 Å². The minimum atomic E-state index is -0.807. The van der Waals surface area contributed by atoms with Crippen LogP contribution in [0.4, 0.5) is 5.88 Å². The molecule has 0 unspecified atom stereocenters. The number of esters is 2. The SMILES string of the molecule is CCOC(=O)c1c(NC(=O)COC(=O)/C=C/c2ccco2)oc(C)c1C(C)=O. The Morgan fingerprint density at radius 3 is 2.54 bits per heavy atom. The number of furan rings is 2. The minimum absolute atomic E-state index is 0.0205. The summed E-state index contributed by atoms with van der Waals surface area (Å²) < 4.78 is 20.1. The van der Waals surface area contributed by atoms with E-state index in [-0.39, 0.29) is 29.4 Å². The summed E-state index contributed by atoms with van der Waals surface area (Å²) in [6, 6.07) is 3.29. The summed E-state index contributed by atoms with van der Waals surface area (Å²) in [6.07, 6.45) is 3.93. The van der Waals surface area contributed by atoms with Gasteiger partial charge in [0.25, 0.3) is 5.91 Å². The van der Waals surface area contributed by atoms with E-state index in [4.69, 9.17) is 18.3 Å². The van der Waals surface area contributed by atoms with Crippen molar-refractivity contribution in [3.63, 3.8) is 0 Å². The Morgan fingerprint density at radius 1 is 1.18 bits per heavy atom. The van der Waals surface area contributed by atoms with Crippen molar-refractivity contribution in [3.05, 3.63) is 47.1 Å². The van der Waals surface area contributed by atoms with Crippen molar-refractivity contribution in [2.45, 2.75) is 20.8 Å². The largest absolute Gasteiger partial charge is 0.465 e. The van der Waals surface area contributed by atoms with Gasteiger partial charge in [0, 0.05) is 6.08 Å². The van der Waals surface area contributed by atoms with Crippen LogP contribution >= 0.6 is 0 Å². The molecule has 0 atom stereocenters. The lowest BCUT2D eigenvalue weighted by Crippen LogP contribution is -2.21. The Balaban J connectivity index is 2.04. The molecular weight excluding hydrogens is 370 g/mol. The van der Waals surface area contributed by atoms with Gasteiger partial charge in [0.15, 0.2) is 12.4 Å². The van der Waals surface area contributed by atoms with Gasteiger partial charge < -0.3 is 18.3 Å². The lowest BCUT2D eigenvalue weighted by molar-refractivity contribution is -0.142. The first-order valence-electron chi connectivity index (χ1n) is 8.33. The molecule has 0 aliphatic carbocycles. The molecule has 0 radical (unpaired) electrons.